The molecule has 0 saturated heterocycles. The van der Waals surface area contributed by atoms with E-state index in [2.05, 4.69) is 0 Å². The van der Waals surface area contributed by atoms with Gasteiger partial charge in [-0.15, -0.1) is 0 Å². The lowest BCUT2D eigenvalue weighted by Crippen LogP contribution is -2.24. The Morgan fingerprint density at radius 2 is 1.32 bits per heavy atom. The molecule has 1 aromatic heterocycles. The summed E-state index contributed by atoms with van der Waals surface area (Å²) in [6.07, 6.45) is -0.976. The molecule has 0 aliphatic carbocycles. The van der Waals surface area contributed by atoms with Crippen molar-refractivity contribution in [3.63, 3.8) is 0 Å². The minimum Gasteiger partial charge on any atom is -0.419 e. The molecule has 0 radical (unpaired) electrons. The van der Waals surface area contributed by atoms with Crippen molar-refractivity contribution in [3.8, 4) is 0 Å². The molecule has 0 fully saturated rings. The van der Waals surface area contributed by atoms with Crippen molar-refractivity contribution < 1.29 is 4.42 Å². The van der Waals surface area contributed by atoms with E-state index >= 15 is 0 Å². The minimum absolute atomic E-state index is 0.0144. The van der Waals surface area contributed by atoms with Crippen LogP contribution in [0.25, 0.3) is 11.0 Å². The number of rotatable bonds is 1. The Kier molecular flexibility index (Phi) is 2.65. The third-order valence-electron chi connectivity index (χ3n) is 2.92. The number of anilines is 5. The molecule has 0 amide bonds. The van der Waals surface area contributed by atoms with Gasteiger partial charge in [0.05, 0.1) is 34.3 Å². The lowest BCUT2D eigenvalue weighted by molar-refractivity contribution is 0.565. The zero-order valence-electron chi connectivity index (χ0n) is 9.94. The van der Waals surface area contributed by atoms with Gasteiger partial charge in [0.15, 0.2) is 5.58 Å². The minimum atomic E-state index is -0.976. The Morgan fingerprint density at radius 1 is 0.789 bits per heavy atom. The third-order valence-corrected chi connectivity index (χ3v) is 2.92. The molecule has 9 nitrogen and oxygen atoms in total. The zero-order chi connectivity index (χ0) is 14.5. The zero-order valence-corrected chi connectivity index (χ0v) is 9.94. The SMILES string of the molecule is Nc1c(C(N)N)c(N)c2oc(=O)c(N)c(N)c2c1N. The highest BCUT2D eigenvalue weighted by Gasteiger charge is 2.22. The van der Waals surface area contributed by atoms with E-state index < -0.39 is 11.8 Å². The average Bonchev–Trinajstić information content (AvgIpc) is 2.32. The fourth-order valence-electron chi connectivity index (χ4n) is 1.93. The van der Waals surface area contributed by atoms with E-state index in [1.165, 1.54) is 0 Å². The number of nitrogen functional groups attached to an aromatic ring is 5. The molecule has 1 aromatic carbocycles. The fraction of sp³-hybridized carbons (Fsp3) is 0.100. The molecular formula is C10H15N7O2. The van der Waals surface area contributed by atoms with E-state index in [0.717, 1.165) is 0 Å². The van der Waals surface area contributed by atoms with Gasteiger partial charge >= 0.3 is 5.63 Å². The van der Waals surface area contributed by atoms with Crippen LogP contribution in [0.1, 0.15) is 11.7 Å². The summed E-state index contributed by atoms with van der Waals surface area (Å²) >= 11 is 0. The lowest BCUT2D eigenvalue weighted by Gasteiger charge is -2.18. The number of benzene rings is 1. The summed E-state index contributed by atoms with van der Waals surface area (Å²) in [7, 11) is 0. The summed E-state index contributed by atoms with van der Waals surface area (Å²) in [5.74, 6) is 0. The Labute approximate surface area is 107 Å². The van der Waals surface area contributed by atoms with E-state index in [1.54, 1.807) is 0 Å². The predicted octanol–water partition coefficient (Wildman–Crippen LogP) is -1.38. The maximum Gasteiger partial charge on any atom is 0.361 e. The van der Waals surface area contributed by atoms with Crippen molar-refractivity contribution in [3.05, 3.63) is 16.0 Å². The molecule has 0 bridgehead atoms. The second kappa shape index (κ2) is 3.93. The van der Waals surface area contributed by atoms with Crippen molar-refractivity contribution in [1.29, 1.82) is 0 Å². The molecule has 0 saturated carbocycles. The van der Waals surface area contributed by atoms with E-state index in [9.17, 15) is 4.79 Å². The van der Waals surface area contributed by atoms with Gasteiger partial charge in [-0.25, -0.2) is 4.79 Å². The quantitative estimate of drug-likeness (QED) is 0.183. The van der Waals surface area contributed by atoms with E-state index in [-0.39, 0.29) is 45.0 Å². The van der Waals surface area contributed by atoms with Gasteiger partial charge in [-0.2, -0.15) is 0 Å². The molecule has 0 atom stereocenters. The fourth-order valence-corrected chi connectivity index (χ4v) is 1.93. The molecule has 0 aliphatic heterocycles. The first-order chi connectivity index (χ1) is 8.77. The average molecular weight is 265 g/mol. The molecule has 0 unspecified atom stereocenters. The van der Waals surface area contributed by atoms with Crippen LogP contribution >= 0.6 is 0 Å². The smallest absolute Gasteiger partial charge is 0.361 e. The summed E-state index contributed by atoms with van der Waals surface area (Å²) in [4.78, 5) is 11.5. The van der Waals surface area contributed by atoms with Gasteiger partial charge in [0, 0.05) is 5.56 Å². The van der Waals surface area contributed by atoms with E-state index in [0.29, 0.717) is 0 Å². The molecule has 102 valence electrons. The van der Waals surface area contributed by atoms with Crippen LogP contribution in [0.2, 0.25) is 0 Å². The molecular weight excluding hydrogens is 250 g/mol. The van der Waals surface area contributed by atoms with Gasteiger partial charge in [-0.1, -0.05) is 0 Å². The second-order valence-corrected chi connectivity index (χ2v) is 4.10. The topological polar surface area (TPSA) is 212 Å². The summed E-state index contributed by atoms with van der Waals surface area (Å²) in [6.45, 7) is 0. The van der Waals surface area contributed by atoms with Crippen LogP contribution in [0, 0.1) is 0 Å². The third kappa shape index (κ3) is 1.60. The first-order valence-corrected chi connectivity index (χ1v) is 5.26. The number of hydrogen-bond donors (Lipinski definition) is 7. The predicted molar refractivity (Wildman–Crippen MR) is 75.7 cm³/mol. The molecule has 1 heterocycles. The van der Waals surface area contributed by atoms with E-state index in [4.69, 9.17) is 44.6 Å². The molecule has 9 heteroatoms. The molecule has 2 aromatic rings. The molecule has 19 heavy (non-hydrogen) atoms. The van der Waals surface area contributed by atoms with Gasteiger partial charge in [0.2, 0.25) is 0 Å². The van der Waals surface area contributed by atoms with Crippen molar-refractivity contribution in [2.24, 2.45) is 11.5 Å². The van der Waals surface area contributed by atoms with Crippen LogP contribution in [-0.4, -0.2) is 0 Å². The first kappa shape index (κ1) is 12.8. The normalized spacial score (nSPS) is 11.3. The van der Waals surface area contributed by atoms with Gasteiger partial charge in [0.25, 0.3) is 0 Å². The highest BCUT2D eigenvalue weighted by Crippen LogP contribution is 2.41. The van der Waals surface area contributed by atoms with Crippen LogP contribution in [0.15, 0.2) is 9.21 Å². The van der Waals surface area contributed by atoms with Crippen LogP contribution in [0.5, 0.6) is 0 Å². The highest BCUT2D eigenvalue weighted by atomic mass is 16.4. The van der Waals surface area contributed by atoms with Crippen molar-refractivity contribution in [2.45, 2.75) is 6.17 Å². The van der Waals surface area contributed by atoms with Gasteiger partial charge < -0.3 is 44.6 Å². The standard InChI is InChI=1S/C10H15N7O2/c11-3-1-4(12)7(15)10(18)19-8(1)6(14)2(5(3)13)9(16)17/h9H,11-17H2. The highest BCUT2D eigenvalue weighted by molar-refractivity contribution is 6.11. The Hall–Kier alpha value is -2.65. The summed E-state index contributed by atoms with van der Waals surface area (Å²) in [5.41, 5.74) is 39.1. The summed E-state index contributed by atoms with van der Waals surface area (Å²) in [5, 5.41) is 0.177. The van der Waals surface area contributed by atoms with Crippen molar-refractivity contribution >= 4 is 39.4 Å². The van der Waals surface area contributed by atoms with Crippen LogP contribution in [0.4, 0.5) is 28.4 Å². The molecule has 0 aliphatic rings. The maximum atomic E-state index is 11.5. The van der Waals surface area contributed by atoms with Gasteiger partial charge in [0.1, 0.15) is 5.69 Å². The molecule has 14 N–H and O–H groups in total. The number of fused-ring (bicyclic) bond motifs is 1. The maximum absolute atomic E-state index is 11.5. The lowest BCUT2D eigenvalue weighted by atomic mass is 10.0. The Morgan fingerprint density at radius 3 is 1.84 bits per heavy atom. The van der Waals surface area contributed by atoms with Crippen LogP contribution in [-0.2, 0) is 0 Å². The largest absolute Gasteiger partial charge is 0.419 e. The first-order valence-electron chi connectivity index (χ1n) is 5.26. The summed E-state index contributed by atoms with van der Waals surface area (Å²) < 4.78 is 5.00. The summed E-state index contributed by atoms with van der Waals surface area (Å²) in [6, 6.07) is 0. The Balaban J connectivity index is 3.12. The molecule has 2 rings (SSSR count). The number of nitrogens with two attached hydrogens (primary N) is 7. The van der Waals surface area contributed by atoms with Gasteiger partial charge in [-0.3, -0.25) is 0 Å². The number of hydrogen-bond acceptors (Lipinski definition) is 9. The van der Waals surface area contributed by atoms with Crippen LogP contribution in [0.3, 0.4) is 0 Å². The Bertz CT molecular complexity index is 735. The molecule has 0 spiro atoms. The van der Waals surface area contributed by atoms with Crippen molar-refractivity contribution in [2.75, 3.05) is 28.7 Å². The monoisotopic (exact) mass is 265 g/mol. The van der Waals surface area contributed by atoms with Crippen molar-refractivity contribution in [1.82, 2.24) is 0 Å². The van der Waals surface area contributed by atoms with E-state index in [1.807, 2.05) is 0 Å². The second-order valence-electron chi connectivity index (χ2n) is 4.10. The van der Waals surface area contributed by atoms with Crippen LogP contribution < -0.4 is 45.8 Å². The van der Waals surface area contributed by atoms with Gasteiger partial charge in [-0.05, 0) is 0 Å².